The monoisotopic (exact) mass is 347 g/mol. The van der Waals surface area contributed by atoms with Gasteiger partial charge in [0, 0.05) is 23.0 Å². The Morgan fingerprint density at radius 3 is 2.52 bits per heavy atom. The van der Waals surface area contributed by atoms with Gasteiger partial charge < -0.3 is 4.90 Å². The Balaban J connectivity index is 2.18. The second kappa shape index (κ2) is 5.48. The van der Waals surface area contributed by atoms with Crippen LogP contribution < -0.4 is 4.90 Å². The van der Waals surface area contributed by atoms with Crippen molar-refractivity contribution in [1.29, 1.82) is 0 Å². The molecule has 0 bridgehead atoms. The second-order valence-corrected chi connectivity index (χ2v) is 6.90. The van der Waals surface area contributed by atoms with E-state index in [1.54, 1.807) is 0 Å². The molecule has 0 saturated carbocycles. The standard InChI is InChI=1S/C17H22BrN3/c1-13-15(12-18)16(20-11-7-10-17(20,2)3)21(19-13)14-8-5-4-6-9-14/h4-6,8-9H,7,10-12H2,1-3H3. The van der Waals surface area contributed by atoms with Crippen LogP contribution in [0.4, 0.5) is 5.82 Å². The Kier molecular flexibility index (Phi) is 3.82. The van der Waals surface area contributed by atoms with Crippen LogP contribution in [-0.4, -0.2) is 21.9 Å². The summed E-state index contributed by atoms with van der Waals surface area (Å²) >= 11 is 3.65. The third kappa shape index (κ3) is 2.50. The van der Waals surface area contributed by atoms with E-state index in [0.717, 1.165) is 23.3 Å². The molecule has 3 nitrogen and oxygen atoms in total. The van der Waals surface area contributed by atoms with Crippen molar-refractivity contribution in [1.82, 2.24) is 9.78 Å². The molecule has 1 aromatic heterocycles. The van der Waals surface area contributed by atoms with E-state index in [9.17, 15) is 0 Å². The van der Waals surface area contributed by atoms with Crippen LogP contribution in [0, 0.1) is 6.92 Å². The summed E-state index contributed by atoms with van der Waals surface area (Å²) in [6.45, 7) is 7.86. The number of aromatic nitrogens is 2. The maximum Gasteiger partial charge on any atom is 0.137 e. The zero-order chi connectivity index (χ0) is 15.0. The molecule has 1 saturated heterocycles. The summed E-state index contributed by atoms with van der Waals surface area (Å²) in [6.07, 6.45) is 2.47. The normalized spacial score (nSPS) is 17.4. The number of benzene rings is 1. The van der Waals surface area contributed by atoms with Crippen molar-refractivity contribution in [2.45, 2.75) is 44.5 Å². The number of anilines is 1. The molecule has 3 rings (SSSR count). The number of hydrogen-bond acceptors (Lipinski definition) is 2. The van der Waals surface area contributed by atoms with Crippen LogP contribution in [0.2, 0.25) is 0 Å². The van der Waals surface area contributed by atoms with Crippen molar-refractivity contribution in [2.75, 3.05) is 11.4 Å². The van der Waals surface area contributed by atoms with Crippen molar-refractivity contribution in [3.8, 4) is 5.69 Å². The van der Waals surface area contributed by atoms with Gasteiger partial charge >= 0.3 is 0 Å². The largest absolute Gasteiger partial charge is 0.351 e. The highest BCUT2D eigenvalue weighted by atomic mass is 79.9. The van der Waals surface area contributed by atoms with Crippen LogP contribution in [0.3, 0.4) is 0 Å². The molecule has 1 fully saturated rings. The third-order valence-corrected chi connectivity index (χ3v) is 5.01. The van der Waals surface area contributed by atoms with Gasteiger partial charge in [0.15, 0.2) is 0 Å². The maximum absolute atomic E-state index is 4.81. The first-order valence-electron chi connectivity index (χ1n) is 7.52. The lowest BCUT2D eigenvalue weighted by Crippen LogP contribution is -2.39. The molecule has 0 aliphatic carbocycles. The number of halogens is 1. The summed E-state index contributed by atoms with van der Waals surface area (Å²) in [6, 6.07) is 10.4. The van der Waals surface area contributed by atoms with E-state index in [1.807, 2.05) is 6.07 Å². The fourth-order valence-corrected chi connectivity index (χ4v) is 3.89. The van der Waals surface area contributed by atoms with Gasteiger partial charge in [-0.1, -0.05) is 34.1 Å². The van der Waals surface area contributed by atoms with Crippen molar-refractivity contribution in [3.63, 3.8) is 0 Å². The fraction of sp³-hybridized carbons (Fsp3) is 0.471. The maximum atomic E-state index is 4.81. The lowest BCUT2D eigenvalue weighted by Gasteiger charge is -2.34. The molecule has 2 heterocycles. The highest BCUT2D eigenvalue weighted by molar-refractivity contribution is 9.08. The number of nitrogens with zero attached hydrogens (tertiary/aromatic N) is 3. The minimum Gasteiger partial charge on any atom is -0.351 e. The van der Waals surface area contributed by atoms with Gasteiger partial charge in [0.25, 0.3) is 0 Å². The average Bonchev–Trinajstić information content (AvgIpc) is 2.98. The second-order valence-electron chi connectivity index (χ2n) is 6.34. The molecule has 21 heavy (non-hydrogen) atoms. The van der Waals surface area contributed by atoms with Gasteiger partial charge in [0.05, 0.1) is 11.4 Å². The van der Waals surface area contributed by atoms with Gasteiger partial charge in [0.2, 0.25) is 0 Å². The molecular formula is C17H22BrN3. The minimum atomic E-state index is 0.190. The zero-order valence-electron chi connectivity index (χ0n) is 12.9. The van der Waals surface area contributed by atoms with Crippen LogP contribution in [0.25, 0.3) is 5.69 Å². The molecule has 0 amide bonds. The van der Waals surface area contributed by atoms with E-state index in [0.29, 0.717) is 0 Å². The van der Waals surface area contributed by atoms with Crippen molar-refractivity contribution >= 4 is 21.7 Å². The molecular weight excluding hydrogens is 326 g/mol. The SMILES string of the molecule is Cc1nn(-c2ccccc2)c(N2CCCC2(C)C)c1CBr. The predicted octanol–water partition coefficient (Wildman–Crippen LogP) is 4.45. The number of hydrogen-bond donors (Lipinski definition) is 0. The van der Waals surface area contributed by atoms with Crippen LogP contribution in [0.1, 0.15) is 37.9 Å². The molecule has 0 unspecified atom stereocenters. The molecule has 1 aliphatic rings. The van der Waals surface area contributed by atoms with E-state index in [2.05, 4.69) is 70.5 Å². The highest BCUT2D eigenvalue weighted by Crippen LogP contribution is 2.38. The lowest BCUT2D eigenvalue weighted by atomic mass is 10.0. The molecule has 0 N–H and O–H groups in total. The Morgan fingerprint density at radius 1 is 1.24 bits per heavy atom. The smallest absolute Gasteiger partial charge is 0.137 e. The topological polar surface area (TPSA) is 21.1 Å². The van der Waals surface area contributed by atoms with E-state index in [4.69, 9.17) is 5.10 Å². The van der Waals surface area contributed by atoms with Gasteiger partial charge in [0.1, 0.15) is 5.82 Å². The van der Waals surface area contributed by atoms with Crippen LogP contribution in [0.15, 0.2) is 30.3 Å². The Morgan fingerprint density at radius 2 is 1.95 bits per heavy atom. The van der Waals surface area contributed by atoms with Gasteiger partial charge in [-0.05, 0) is 45.7 Å². The summed E-state index contributed by atoms with van der Waals surface area (Å²) in [5, 5.41) is 5.65. The van der Waals surface area contributed by atoms with Crippen molar-refractivity contribution in [3.05, 3.63) is 41.6 Å². The quantitative estimate of drug-likeness (QED) is 0.764. The molecule has 0 spiro atoms. The summed E-state index contributed by atoms with van der Waals surface area (Å²) < 4.78 is 2.11. The first-order chi connectivity index (χ1) is 10.0. The highest BCUT2D eigenvalue weighted by Gasteiger charge is 2.36. The number of aryl methyl sites for hydroxylation is 1. The van der Waals surface area contributed by atoms with Gasteiger partial charge in [-0.2, -0.15) is 5.10 Å². The number of rotatable bonds is 3. The fourth-order valence-electron chi connectivity index (χ4n) is 3.23. The molecule has 2 aromatic rings. The average molecular weight is 348 g/mol. The number of alkyl halides is 1. The van der Waals surface area contributed by atoms with Crippen LogP contribution in [0.5, 0.6) is 0 Å². The Hall–Kier alpha value is -1.29. The molecule has 1 aromatic carbocycles. The molecule has 1 aliphatic heterocycles. The van der Waals surface area contributed by atoms with Crippen LogP contribution in [-0.2, 0) is 5.33 Å². The minimum absolute atomic E-state index is 0.190. The van der Waals surface area contributed by atoms with E-state index in [-0.39, 0.29) is 5.54 Å². The summed E-state index contributed by atoms with van der Waals surface area (Å²) in [4.78, 5) is 2.52. The van der Waals surface area contributed by atoms with E-state index < -0.39 is 0 Å². The molecule has 0 radical (unpaired) electrons. The predicted molar refractivity (Wildman–Crippen MR) is 91.6 cm³/mol. The Bertz CT molecular complexity index is 631. The van der Waals surface area contributed by atoms with Crippen LogP contribution >= 0.6 is 15.9 Å². The zero-order valence-corrected chi connectivity index (χ0v) is 14.5. The third-order valence-electron chi connectivity index (χ3n) is 4.45. The van der Waals surface area contributed by atoms with E-state index >= 15 is 0 Å². The number of para-hydroxylation sites is 1. The lowest BCUT2D eigenvalue weighted by molar-refractivity contribution is 0.509. The van der Waals surface area contributed by atoms with Crippen molar-refractivity contribution < 1.29 is 0 Å². The summed E-state index contributed by atoms with van der Waals surface area (Å²) in [5.41, 5.74) is 3.73. The summed E-state index contributed by atoms with van der Waals surface area (Å²) in [5.74, 6) is 1.25. The van der Waals surface area contributed by atoms with E-state index in [1.165, 1.54) is 24.2 Å². The first kappa shape index (κ1) is 14.6. The molecule has 4 heteroatoms. The van der Waals surface area contributed by atoms with Gasteiger partial charge in [-0.15, -0.1) is 0 Å². The Labute approximate surface area is 135 Å². The van der Waals surface area contributed by atoms with Crippen molar-refractivity contribution in [2.24, 2.45) is 0 Å². The molecule has 112 valence electrons. The summed E-state index contributed by atoms with van der Waals surface area (Å²) in [7, 11) is 0. The van der Waals surface area contributed by atoms with Gasteiger partial charge in [-0.25, -0.2) is 4.68 Å². The first-order valence-corrected chi connectivity index (χ1v) is 8.64. The molecule has 0 atom stereocenters. The van der Waals surface area contributed by atoms with Gasteiger partial charge in [-0.3, -0.25) is 0 Å².